The number of aromatic nitrogens is 1. The Morgan fingerprint density at radius 2 is 2.06 bits per heavy atom. The van der Waals surface area contributed by atoms with Crippen LogP contribution in [-0.2, 0) is 9.47 Å². The van der Waals surface area contributed by atoms with E-state index < -0.39 is 23.9 Å². The molecule has 0 spiro atoms. The second kappa shape index (κ2) is 11.2. The van der Waals surface area contributed by atoms with Crippen molar-refractivity contribution in [2.75, 3.05) is 25.1 Å². The van der Waals surface area contributed by atoms with E-state index in [0.717, 1.165) is 5.56 Å². The van der Waals surface area contributed by atoms with Crippen molar-refractivity contribution in [3.8, 4) is 10.6 Å². The van der Waals surface area contributed by atoms with E-state index in [9.17, 15) is 19.8 Å². The first-order valence-corrected chi connectivity index (χ1v) is 12.2. The number of carbonyl (C=O) groups is 2. The average Bonchev–Trinajstić information content (AvgIpc) is 3.27. The van der Waals surface area contributed by atoms with Crippen LogP contribution >= 0.6 is 11.3 Å². The molecule has 1 aliphatic heterocycles. The van der Waals surface area contributed by atoms with E-state index >= 15 is 0 Å². The van der Waals surface area contributed by atoms with E-state index in [2.05, 4.69) is 10.3 Å². The van der Waals surface area contributed by atoms with Crippen LogP contribution in [0.3, 0.4) is 0 Å². The summed E-state index contributed by atoms with van der Waals surface area (Å²) in [5.74, 6) is 0.0180. The van der Waals surface area contributed by atoms with Gasteiger partial charge in [0, 0.05) is 17.5 Å². The predicted octanol–water partition coefficient (Wildman–Crippen LogP) is 4.42. The Balaban J connectivity index is 1.55. The van der Waals surface area contributed by atoms with Crippen molar-refractivity contribution in [1.82, 2.24) is 9.88 Å². The molecular formula is C24H33N3O6S. The number of hydrogen-bond donors (Lipinski definition) is 3. The van der Waals surface area contributed by atoms with Gasteiger partial charge in [-0.25, -0.2) is 14.6 Å². The van der Waals surface area contributed by atoms with Gasteiger partial charge in [-0.2, -0.15) is 0 Å². The van der Waals surface area contributed by atoms with Gasteiger partial charge in [-0.05, 0) is 58.6 Å². The third kappa shape index (κ3) is 6.91. The molecule has 3 N–H and O–H groups in total. The molecule has 3 rings (SSSR count). The van der Waals surface area contributed by atoms with Crippen molar-refractivity contribution in [2.24, 2.45) is 5.92 Å². The molecule has 1 fully saturated rings. The highest BCUT2D eigenvalue weighted by atomic mass is 32.1. The van der Waals surface area contributed by atoms with Crippen LogP contribution in [0.5, 0.6) is 0 Å². The molecule has 9 nitrogen and oxygen atoms in total. The standard InChI is InChI=1S/C24H33N3O6S/c1-15(29)20-14-34-21(25-20)18-7-5-6-8-19(18)26-22(30)32-13-16-9-10-27(17(11-16)12-28)23(31)33-24(2,3)4/h5-8,14-17,28-29H,9-13H2,1-4H3,(H,26,30)/t15-,16?,17?/m1/s1. The number of hydrogen-bond acceptors (Lipinski definition) is 8. The Morgan fingerprint density at radius 3 is 2.71 bits per heavy atom. The lowest BCUT2D eigenvalue weighted by atomic mass is 9.92. The number of piperidine rings is 1. The fourth-order valence-corrected chi connectivity index (χ4v) is 4.68. The van der Waals surface area contributed by atoms with E-state index in [1.54, 1.807) is 50.1 Å². The third-order valence-electron chi connectivity index (χ3n) is 5.46. The average molecular weight is 492 g/mol. The molecule has 2 heterocycles. The largest absolute Gasteiger partial charge is 0.449 e. The van der Waals surface area contributed by atoms with Gasteiger partial charge in [-0.3, -0.25) is 5.32 Å². The zero-order valence-electron chi connectivity index (χ0n) is 20.0. The molecule has 2 amide bonds. The molecule has 0 radical (unpaired) electrons. The van der Waals surface area contributed by atoms with Crippen molar-refractivity contribution in [3.63, 3.8) is 0 Å². The molecule has 3 atom stereocenters. The highest BCUT2D eigenvalue weighted by Gasteiger charge is 2.34. The number of carbonyl (C=O) groups excluding carboxylic acids is 2. The van der Waals surface area contributed by atoms with E-state index in [1.165, 1.54) is 11.3 Å². The lowest BCUT2D eigenvalue weighted by molar-refractivity contribution is -0.00956. The number of aliphatic hydroxyl groups is 2. The summed E-state index contributed by atoms with van der Waals surface area (Å²) in [5, 5.41) is 24.8. The summed E-state index contributed by atoms with van der Waals surface area (Å²) < 4.78 is 10.9. The SMILES string of the molecule is C[C@@H](O)c1csc(-c2ccccc2NC(=O)OCC2CCN(C(=O)OC(C)(C)C)C(CO)C2)n1. The van der Waals surface area contributed by atoms with Gasteiger partial charge in [0.1, 0.15) is 10.6 Å². The number of thiazole rings is 1. The predicted molar refractivity (Wildman–Crippen MR) is 130 cm³/mol. The Labute approximate surface area is 203 Å². The zero-order chi connectivity index (χ0) is 24.9. The minimum atomic E-state index is -0.667. The van der Waals surface area contributed by atoms with E-state index in [0.29, 0.717) is 35.8 Å². The van der Waals surface area contributed by atoms with Gasteiger partial charge in [0.25, 0.3) is 0 Å². The Hall–Kier alpha value is -2.69. The van der Waals surface area contributed by atoms with Crippen LogP contribution < -0.4 is 5.32 Å². The summed E-state index contributed by atoms with van der Waals surface area (Å²) in [7, 11) is 0. The van der Waals surface area contributed by atoms with Gasteiger partial charge in [-0.1, -0.05) is 12.1 Å². The number of likely N-dealkylation sites (tertiary alicyclic amines) is 1. The number of nitrogens with zero attached hydrogens (tertiary/aromatic N) is 2. The van der Waals surface area contributed by atoms with E-state index in [1.807, 2.05) is 12.1 Å². The number of amides is 2. The highest BCUT2D eigenvalue weighted by molar-refractivity contribution is 7.13. The normalized spacial score (nSPS) is 19.4. The van der Waals surface area contributed by atoms with Gasteiger partial charge in [-0.15, -0.1) is 11.3 Å². The minimum absolute atomic E-state index is 0.0180. The molecule has 2 unspecified atom stereocenters. The van der Waals surface area contributed by atoms with Crippen LogP contribution in [0.15, 0.2) is 29.6 Å². The zero-order valence-corrected chi connectivity index (χ0v) is 20.8. The van der Waals surface area contributed by atoms with Crippen LogP contribution in [0.4, 0.5) is 15.3 Å². The quantitative estimate of drug-likeness (QED) is 0.547. The first kappa shape index (κ1) is 25.9. The highest BCUT2D eigenvalue weighted by Crippen LogP contribution is 2.32. The van der Waals surface area contributed by atoms with Gasteiger partial charge >= 0.3 is 12.2 Å². The molecule has 0 aliphatic carbocycles. The van der Waals surface area contributed by atoms with Crippen LogP contribution in [0.1, 0.15) is 52.3 Å². The Bertz CT molecular complexity index is 987. The summed E-state index contributed by atoms with van der Waals surface area (Å²) >= 11 is 1.39. The maximum atomic E-state index is 12.5. The van der Waals surface area contributed by atoms with Crippen molar-refractivity contribution in [1.29, 1.82) is 0 Å². The van der Waals surface area contributed by atoms with Crippen molar-refractivity contribution >= 4 is 29.2 Å². The maximum absolute atomic E-state index is 12.5. The molecule has 2 aromatic rings. The summed E-state index contributed by atoms with van der Waals surface area (Å²) in [5.41, 5.74) is 1.27. The number of anilines is 1. The summed E-state index contributed by atoms with van der Waals surface area (Å²) in [6.45, 7) is 7.48. The monoisotopic (exact) mass is 491 g/mol. The van der Waals surface area contributed by atoms with Crippen LogP contribution in [-0.4, -0.2) is 63.7 Å². The van der Waals surface area contributed by atoms with Gasteiger partial charge in [0.2, 0.25) is 0 Å². The molecule has 10 heteroatoms. The summed E-state index contributed by atoms with van der Waals surface area (Å²) in [4.78, 5) is 30.9. The fraction of sp³-hybridized carbons (Fsp3) is 0.542. The smallest absolute Gasteiger partial charge is 0.411 e. The lowest BCUT2D eigenvalue weighted by Crippen LogP contribution is -2.50. The maximum Gasteiger partial charge on any atom is 0.411 e. The molecule has 0 bridgehead atoms. The Morgan fingerprint density at radius 1 is 1.32 bits per heavy atom. The van der Waals surface area contributed by atoms with Crippen molar-refractivity contribution < 1.29 is 29.3 Å². The van der Waals surface area contributed by atoms with Crippen molar-refractivity contribution in [2.45, 2.75) is 58.3 Å². The first-order chi connectivity index (χ1) is 16.1. The molecule has 0 saturated carbocycles. The number of rotatable bonds is 6. The lowest BCUT2D eigenvalue weighted by Gasteiger charge is -2.38. The minimum Gasteiger partial charge on any atom is -0.449 e. The number of para-hydroxylation sites is 1. The summed E-state index contributed by atoms with van der Waals surface area (Å²) in [6, 6.07) is 6.89. The number of aliphatic hydroxyl groups excluding tert-OH is 2. The molecule has 1 aromatic heterocycles. The number of ether oxygens (including phenoxy) is 2. The second-order valence-corrected chi connectivity index (χ2v) is 10.3. The van der Waals surface area contributed by atoms with E-state index in [4.69, 9.17) is 9.47 Å². The molecule has 186 valence electrons. The van der Waals surface area contributed by atoms with Gasteiger partial charge < -0.3 is 24.6 Å². The molecule has 1 aromatic carbocycles. The third-order valence-corrected chi connectivity index (χ3v) is 6.35. The number of nitrogens with one attached hydrogen (secondary N) is 1. The van der Waals surface area contributed by atoms with Crippen molar-refractivity contribution in [3.05, 3.63) is 35.3 Å². The number of benzene rings is 1. The first-order valence-electron chi connectivity index (χ1n) is 11.3. The topological polar surface area (TPSA) is 121 Å². The molecule has 1 saturated heterocycles. The second-order valence-electron chi connectivity index (χ2n) is 9.42. The van der Waals surface area contributed by atoms with Gasteiger partial charge in [0.15, 0.2) is 0 Å². The van der Waals surface area contributed by atoms with Crippen LogP contribution in [0.2, 0.25) is 0 Å². The van der Waals surface area contributed by atoms with Crippen LogP contribution in [0, 0.1) is 5.92 Å². The summed E-state index contributed by atoms with van der Waals surface area (Å²) in [6.07, 6.45) is -0.544. The van der Waals surface area contributed by atoms with E-state index in [-0.39, 0.29) is 25.2 Å². The fourth-order valence-electron chi connectivity index (χ4n) is 3.74. The molecule has 1 aliphatic rings. The Kier molecular flexibility index (Phi) is 8.51. The van der Waals surface area contributed by atoms with Crippen LogP contribution in [0.25, 0.3) is 10.6 Å². The molecule has 34 heavy (non-hydrogen) atoms. The van der Waals surface area contributed by atoms with Gasteiger partial charge in [0.05, 0.1) is 36.7 Å². The molecular weight excluding hydrogens is 458 g/mol.